The molecule has 0 atom stereocenters. The minimum atomic E-state index is 0.540. The van der Waals surface area contributed by atoms with Gasteiger partial charge >= 0.3 is 0 Å². The van der Waals surface area contributed by atoms with Crippen LogP contribution in [0, 0.1) is 0 Å². The number of hydrogen-bond acceptors (Lipinski definition) is 7. The van der Waals surface area contributed by atoms with Gasteiger partial charge in [-0.25, -0.2) is 4.98 Å². The van der Waals surface area contributed by atoms with Crippen molar-refractivity contribution < 1.29 is 0 Å². The molecular weight excluding hydrogens is 304 g/mol. The first-order valence-corrected chi connectivity index (χ1v) is 8.30. The second-order valence-corrected chi connectivity index (χ2v) is 7.19. The van der Waals surface area contributed by atoms with Gasteiger partial charge < -0.3 is 5.73 Å². The molecule has 3 aromatic heterocycles. The summed E-state index contributed by atoms with van der Waals surface area (Å²) in [5, 5.41) is 14.7. The topological polar surface area (TPSA) is 82.0 Å². The molecule has 104 valence electrons. The van der Waals surface area contributed by atoms with Crippen LogP contribution < -0.4 is 5.73 Å². The minimum absolute atomic E-state index is 0.540. The Morgan fingerprint density at radius 3 is 2.95 bits per heavy atom. The monoisotopic (exact) mass is 314 g/mol. The molecule has 5 rings (SSSR count). The first-order valence-electron chi connectivity index (χ1n) is 6.66. The molecule has 1 aliphatic rings. The highest BCUT2D eigenvalue weighted by Gasteiger charge is 2.30. The van der Waals surface area contributed by atoms with Crippen molar-refractivity contribution in [2.24, 2.45) is 0 Å². The summed E-state index contributed by atoms with van der Waals surface area (Å²) in [5.74, 6) is 1.54. The number of aromatic nitrogens is 5. The van der Waals surface area contributed by atoms with Gasteiger partial charge in [-0.2, -0.15) is 9.61 Å². The quantitative estimate of drug-likeness (QED) is 0.615. The Morgan fingerprint density at radius 2 is 2.10 bits per heavy atom. The summed E-state index contributed by atoms with van der Waals surface area (Å²) in [5.41, 5.74) is 7.76. The molecule has 3 heterocycles. The zero-order valence-electron chi connectivity index (χ0n) is 10.9. The molecule has 21 heavy (non-hydrogen) atoms. The molecule has 2 N–H and O–H groups in total. The van der Waals surface area contributed by atoms with Crippen molar-refractivity contribution >= 4 is 43.0 Å². The SMILES string of the molecule is Nc1nc2ccc(-c3nn4c(C5CC5)nnc4s3)cc2s1. The normalized spacial score (nSPS) is 15.2. The maximum atomic E-state index is 5.76. The molecule has 4 aromatic rings. The van der Waals surface area contributed by atoms with Crippen molar-refractivity contribution in [3.8, 4) is 10.6 Å². The predicted molar refractivity (Wildman–Crippen MR) is 83.7 cm³/mol. The average Bonchev–Trinajstić information content (AvgIpc) is 2.93. The maximum absolute atomic E-state index is 5.76. The molecule has 0 saturated heterocycles. The van der Waals surface area contributed by atoms with E-state index >= 15 is 0 Å². The van der Waals surface area contributed by atoms with Gasteiger partial charge in [0.05, 0.1) is 10.2 Å². The molecule has 0 unspecified atom stereocenters. The summed E-state index contributed by atoms with van der Waals surface area (Å²) in [6.45, 7) is 0. The molecule has 0 bridgehead atoms. The van der Waals surface area contributed by atoms with Crippen LogP contribution in [0.1, 0.15) is 24.6 Å². The van der Waals surface area contributed by atoms with Crippen LogP contribution in [0.4, 0.5) is 5.13 Å². The molecule has 6 nitrogen and oxygen atoms in total. The lowest BCUT2D eigenvalue weighted by molar-refractivity contribution is 0.828. The number of rotatable bonds is 2. The second-order valence-electron chi connectivity index (χ2n) is 5.17. The molecule has 0 spiro atoms. The summed E-state index contributed by atoms with van der Waals surface area (Å²) < 4.78 is 2.97. The second kappa shape index (κ2) is 3.99. The van der Waals surface area contributed by atoms with Crippen LogP contribution in [0.25, 0.3) is 25.7 Å². The number of hydrogen-bond donors (Lipinski definition) is 1. The van der Waals surface area contributed by atoms with Crippen LogP contribution in [-0.4, -0.2) is 24.8 Å². The van der Waals surface area contributed by atoms with E-state index in [1.54, 1.807) is 11.3 Å². The minimum Gasteiger partial charge on any atom is -0.375 e. The van der Waals surface area contributed by atoms with E-state index in [1.165, 1.54) is 24.2 Å². The number of anilines is 1. The average molecular weight is 314 g/mol. The molecule has 1 aliphatic carbocycles. The highest BCUT2D eigenvalue weighted by molar-refractivity contribution is 7.22. The van der Waals surface area contributed by atoms with E-state index in [1.807, 2.05) is 16.6 Å². The summed E-state index contributed by atoms with van der Waals surface area (Å²) in [4.78, 5) is 5.14. The van der Waals surface area contributed by atoms with Gasteiger partial charge in [-0.1, -0.05) is 22.7 Å². The van der Waals surface area contributed by atoms with Gasteiger partial charge in [0.15, 0.2) is 11.0 Å². The Hall–Kier alpha value is -2.06. The molecule has 0 amide bonds. The summed E-state index contributed by atoms with van der Waals surface area (Å²) in [6, 6.07) is 6.11. The maximum Gasteiger partial charge on any atom is 0.234 e. The third-order valence-corrected chi connectivity index (χ3v) is 5.40. The Bertz CT molecular complexity index is 977. The van der Waals surface area contributed by atoms with Crippen molar-refractivity contribution in [3.05, 3.63) is 24.0 Å². The summed E-state index contributed by atoms with van der Waals surface area (Å²) in [6.07, 6.45) is 2.39. The lowest BCUT2D eigenvalue weighted by Gasteiger charge is -1.95. The van der Waals surface area contributed by atoms with Gasteiger partial charge in [-0.3, -0.25) is 0 Å². The largest absolute Gasteiger partial charge is 0.375 e. The molecule has 1 fully saturated rings. The van der Waals surface area contributed by atoms with Gasteiger partial charge in [-0.15, -0.1) is 10.2 Å². The zero-order valence-corrected chi connectivity index (χ0v) is 12.5. The van der Waals surface area contributed by atoms with Crippen molar-refractivity contribution in [3.63, 3.8) is 0 Å². The van der Waals surface area contributed by atoms with E-state index in [-0.39, 0.29) is 0 Å². The van der Waals surface area contributed by atoms with Gasteiger partial charge in [0, 0.05) is 11.5 Å². The van der Waals surface area contributed by atoms with Crippen molar-refractivity contribution in [1.29, 1.82) is 0 Å². The lowest BCUT2D eigenvalue weighted by Crippen LogP contribution is -1.93. The first-order chi connectivity index (χ1) is 10.3. The standard InChI is InChI=1S/C13H10N6S2/c14-12-15-8-4-3-7(5-9(8)20-12)11-18-19-10(6-1-2-6)16-17-13(19)21-11/h3-6H,1-2H2,(H2,14,15). The summed E-state index contributed by atoms with van der Waals surface area (Å²) in [7, 11) is 0. The number of nitrogen functional groups attached to an aromatic ring is 1. The lowest BCUT2D eigenvalue weighted by atomic mass is 10.2. The van der Waals surface area contributed by atoms with Gasteiger partial charge in [-0.05, 0) is 31.0 Å². The van der Waals surface area contributed by atoms with Crippen LogP contribution in [0.15, 0.2) is 18.2 Å². The Kier molecular flexibility index (Phi) is 2.20. The van der Waals surface area contributed by atoms with Crippen LogP contribution in [-0.2, 0) is 0 Å². The van der Waals surface area contributed by atoms with Gasteiger partial charge in [0.2, 0.25) is 4.96 Å². The molecule has 1 saturated carbocycles. The number of nitrogens with two attached hydrogens (primary N) is 1. The van der Waals surface area contributed by atoms with E-state index in [0.29, 0.717) is 11.0 Å². The smallest absolute Gasteiger partial charge is 0.234 e. The Labute approximate surface area is 127 Å². The highest BCUT2D eigenvalue weighted by atomic mass is 32.1. The van der Waals surface area contributed by atoms with E-state index in [9.17, 15) is 0 Å². The predicted octanol–water partition coefficient (Wildman–Crippen LogP) is 2.92. The fraction of sp³-hybridized carbons (Fsp3) is 0.231. The zero-order chi connectivity index (χ0) is 14.0. The third-order valence-electron chi connectivity index (χ3n) is 3.61. The Morgan fingerprint density at radius 1 is 1.19 bits per heavy atom. The molecule has 8 heteroatoms. The number of nitrogens with zero attached hydrogens (tertiary/aromatic N) is 5. The fourth-order valence-corrected chi connectivity index (χ4v) is 4.04. The van der Waals surface area contributed by atoms with Crippen LogP contribution in [0.2, 0.25) is 0 Å². The van der Waals surface area contributed by atoms with E-state index < -0.39 is 0 Å². The molecule has 1 aromatic carbocycles. The van der Waals surface area contributed by atoms with Crippen molar-refractivity contribution in [1.82, 2.24) is 24.8 Å². The number of benzene rings is 1. The molecule has 0 aliphatic heterocycles. The van der Waals surface area contributed by atoms with Crippen LogP contribution >= 0.6 is 22.7 Å². The first kappa shape index (κ1) is 11.6. The Balaban J connectivity index is 1.66. The number of fused-ring (bicyclic) bond motifs is 2. The van der Waals surface area contributed by atoms with Gasteiger partial charge in [0.25, 0.3) is 0 Å². The van der Waals surface area contributed by atoms with Gasteiger partial charge in [0.1, 0.15) is 5.01 Å². The van der Waals surface area contributed by atoms with E-state index in [4.69, 9.17) is 5.73 Å². The van der Waals surface area contributed by atoms with Crippen molar-refractivity contribution in [2.45, 2.75) is 18.8 Å². The number of thiazole rings is 1. The third kappa shape index (κ3) is 1.76. The van der Waals surface area contributed by atoms with Crippen LogP contribution in [0.3, 0.4) is 0 Å². The highest BCUT2D eigenvalue weighted by Crippen LogP contribution is 2.40. The molecule has 0 radical (unpaired) electrons. The van der Waals surface area contributed by atoms with E-state index in [2.05, 4.69) is 26.3 Å². The fourth-order valence-electron chi connectivity index (χ4n) is 2.42. The molecular formula is C13H10N6S2. The summed E-state index contributed by atoms with van der Waals surface area (Å²) >= 11 is 3.06. The van der Waals surface area contributed by atoms with E-state index in [0.717, 1.165) is 31.6 Å². The van der Waals surface area contributed by atoms with Crippen molar-refractivity contribution in [2.75, 3.05) is 5.73 Å². The van der Waals surface area contributed by atoms with Crippen LogP contribution in [0.5, 0.6) is 0 Å².